The van der Waals surface area contributed by atoms with Gasteiger partial charge in [-0.05, 0) is 105 Å². The molecule has 0 radical (unpaired) electrons. The molecule has 4 unspecified atom stereocenters. The van der Waals surface area contributed by atoms with Crippen molar-refractivity contribution in [1.82, 2.24) is 157 Å². The number of nitriles is 1. The zero-order valence-electron chi connectivity index (χ0n) is 79.3. The number of likely N-dealkylation sites (tertiary alicyclic amines) is 1. The maximum absolute atomic E-state index is 13.1. The summed E-state index contributed by atoms with van der Waals surface area (Å²) in [5, 5.41) is 44.2. The lowest BCUT2D eigenvalue weighted by atomic mass is 9.94. The predicted octanol–water partition coefficient (Wildman–Crippen LogP) is 8.25. The quantitative estimate of drug-likeness (QED) is 0.0479. The van der Waals surface area contributed by atoms with E-state index in [1.54, 1.807) is 72.4 Å². The van der Waals surface area contributed by atoms with Crippen molar-refractivity contribution < 1.29 is 79.3 Å². The van der Waals surface area contributed by atoms with Gasteiger partial charge in [-0.3, -0.25) is 13.8 Å². The summed E-state index contributed by atoms with van der Waals surface area (Å²) in [7, 11) is -7.72. The van der Waals surface area contributed by atoms with Crippen LogP contribution in [0.4, 0.5) is 67.2 Å². The van der Waals surface area contributed by atoms with Crippen LogP contribution in [0.2, 0.25) is 0 Å². The van der Waals surface area contributed by atoms with Crippen molar-refractivity contribution in [3.63, 3.8) is 0 Å². The Hall–Kier alpha value is -15.7. The van der Waals surface area contributed by atoms with E-state index in [0.717, 1.165) is 62.4 Å². The highest BCUT2D eigenvalue weighted by atomic mass is 32.2. The SMILES string of the molecule is CN=S(C)(=O)CC1CCCN(c2cc(-c3cnc4ccc(C(F)F)nn34)ncn2)C1.CS(=O)(=O)NC[C@@H]1CN(c2cc(-c3cnc4ccc(C(F)F)nn34)ncn2)CC(=O)N1.FC(F)c1ccc2ncc(-c3cc(N4CCOC(Cn5cnnc5)C4)ncn3)n2n1.N#CCC(=O)N1CCCC(c2cc(-c3cnc4ccc(C(F)F)nn34)ncn2)C1.NS(=O)(=O)N1CCCN(c2cc(-c3cnc4ccc(C(F)F)nn34)ncn2)CC1. The van der Waals surface area contributed by atoms with Crippen LogP contribution in [0.15, 0.2) is 171 Å². The summed E-state index contributed by atoms with van der Waals surface area (Å²) in [5.41, 5.74) is 6.02. The maximum atomic E-state index is 13.1. The van der Waals surface area contributed by atoms with Crippen molar-refractivity contribution in [2.75, 3.05) is 137 Å². The largest absolute Gasteiger partial charge is 0.373 e. The smallest absolute Gasteiger partial charge is 0.282 e. The molecule has 0 aliphatic carbocycles. The molecule has 0 spiro atoms. The number of hydrogen-bond acceptors (Lipinski definition) is 36. The fourth-order valence-electron chi connectivity index (χ4n) is 17.1. The molecule has 5 aliphatic heterocycles. The number of anilines is 4. The summed E-state index contributed by atoms with van der Waals surface area (Å²) in [4.78, 5) is 97.6. The topological polar surface area (TPSA) is 545 Å². The lowest BCUT2D eigenvalue weighted by Crippen LogP contribution is -2.58. The number of piperidine rings is 2. The summed E-state index contributed by atoms with van der Waals surface area (Å²) in [6.45, 7) is 7.12. The number of aromatic nitrogens is 28. The molecule has 149 heavy (non-hydrogen) atoms. The van der Waals surface area contributed by atoms with Crippen LogP contribution in [-0.4, -0.2) is 309 Å². The highest BCUT2D eigenvalue weighted by molar-refractivity contribution is 7.92. The molecule has 0 aromatic carbocycles. The van der Waals surface area contributed by atoms with E-state index in [1.807, 2.05) is 21.6 Å². The van der Waals surface area contributed by atoms with Gasteiger partial charge in [0, 0.05) is 143 Å². The molecule has 16 aromatic heterocycles. The van der Waals surface area contributed by atoms with Crippen LogP contribution in [0.25, 0.3) is 85.2 Å². The van der Waals surface area contributed by atoms with Crippen LogP contribution >= 0.6 is 0 Å². The Morgan fingerprint density at radius 3 is 1.32 bits per heavy atom. The number of imidazole rings is 5. The first-order valence-electron chi connectivity index (χ1n) is 46.1. The lowest BCUT2D eigenvalue weighted by molar-refractivity contribution is -0.131. The lowest BCUT2D eigenvalue weighted by Gasteiger charge is -2.33. The second-order valence-electron chi connectivity index (χ2n) is 34.7. The van der Waals surface area contributed by atoms with Crippen LogP contribution in [0.3, 0.4) is 0 Å². The van der Waals surface area contributed by atoms with Gasteiger partial charge in [-0.1, -0.05) is 0 Å². The zero-order chi connectivity index (χ0) is 105. The molecule has 5 saturated heterocycles. The van der Waals surface area contributed by atoms with Crippen molar-refractivity contribution >= 4 is 93.3 Å². The first-order chi connectivity index (χ1) is 71.6. The Morgan fingerprint density at radius 2 is 0.893 bits per heavy atom. The summed E-state index contributed by atoms with van der Waals surface area (Å²) in [6.07, 6.45) is 11.2. The summed E-state index contributed by atoms with van der Waals surface area (Å²) >= 11 is 0. The maximum Gasteiger partial charge on any atom is 0.282 e. The number of nitrogens with zero attached hydrogens (tertiary/aromatic N) is 36. The van der Waals surface area contributed by atoms with Crippen molar-refractivity contribution in [3.05, 3.63) is 200 Å². The highest BCUT2D eigenvalue weighted by Crippen LogP contribution is 2.35. The fraction of sp³-hybridized carbons (Fsp3) is 0.382. The molecular weight excluding hydrogens is 2030 g/mol. The van der Waals surface area contributed by atoms with E-state index < -0.39 is 73.8 Å². The number of carbonyl (C=O) groups is 2. The molecule has 5 fully saturated rings. The summed E-state index contributed by atoms with van der Waals surface area (Å²) in [5.74, 6) is 2.84. The number of rotatable bonds is 24. The van der Waals surface area contributed by atoms with Crippen LogP contribution in [0, 0.1) is 17.2 Å². The van der Waals surface area contributed by atoms with Gasteiger partial charge in [0.05, 0.1) is 104 Å². The van der Waals surface area contributed by atoms with Gasteiger partial charge in [-0.25, -0.2) is 164 Å². The molecule has 0 bridgehead atoms. The minimum absolute atomic E-state index is 0.0110. The van der Waals surface area contributed by atoms with Gasteiger partial charge in [0.25, 0.3) is 42.3 Å². The number of piperazine rings is 1. The summed E-state index contributed by atoms with van der Waals surface area (Å²) in [6, 6.07) is 23.8. The average Bonchev–Trinajstić information content (AvgIpc) is 1.67. The third-order valence-corrected chi connectivity index (χ3v) is 28.0. The number of amides is 2. The molecule has 0 saturated carbocycles. The molecule has 4 N–H and O–H groups in total. The molecule has 780 valence electrons. The normalized spacial score (nSPS) is 17.4. The standard InChI is InChI=1S/C19H23F2N7OS.C19H17F2N7O.C18H17F2N9O.C17H18F2N8O3S.C16H18F2N8O2S/c1-22-30(2,29)11-13-4-3-7-27(10-13)18-8-15(24-12-25-18)16-9-23-17-6-5-14(19(20)21)26-28(16)17;20-19(21)13-3-4-17-23-9-16(28(17)26-13)15-8-14(24-11-25-15)12-2-1-7-27(10-12)18(29)5-6-22;19-18(20)13-1-2-16-21-6-15(29(16)26-13)14-5-17(23-9-22-14)28-3-4-30-12(8-28)7-27-10-24-25-11-27;1-31(29,30)23-5-10-7-26(8-16(28)24-10)15-4-12(21-9-22-15)13-6-20-14-3-2-11(17(18)19)25-27(13)14;17-16(18)11-2-3-14-20-9-13(26(14)23-11)12-8-15(22-10-21-12)24-4-1-5-25(7-6-24)29(19,27)28/h5-6,8-9,12-13,19H,3-4,7,10-11H2,1-2H3;3-4,8-9,11-12,19H,1-2,5,7,10H2;1-2,5-6,9-12,18H,3-4,7-8H2;2-4,6,9-10,17,23H,5,7-8H2,1H3,(H,24,28);2-3,8-10,16H,1,4-7H2,(H2,19,27,28)/t;;;10-;/m...1./s1. The molecule has 16 aromatic rings. The monoisotopic (exact) mass is 2120 g/mol. The van der Waals surface area contributed by atoms with E-state index in [4.69, 9.17) is 15.1 Å². The van der Waals surface area contributed by atoms with Crippen molar-refractivity contribution in [1.29, 1.82) is 5.26 Å². The van der Waals surface area contributed by atoms with E-state index in [1.165, 1.54) is 138 Å². The van der Waals surface area contributed by atoms with Gasteiger partial charge in [0.15, 0.2) is 28.2 Å². The second-order valence-corrected chi connectivity index (χ2v) is 40.7. The molecule has 47 nitrogen and oxygen atoms in total. The molecule has 2 amide bonds. The van der Waals surface area contributed by atoms with Crippen molar-refractivity contribution in [2.45, 2.75) is 95.3 Å². The van der Waals surface area contributed by atoms with Crippen molar-refractivity contribution in [3.8, 4) is 63.0 Å². The second kappa shape index (κ2) is 46.1. The van der Waals surface area contributed by atoms with Crippen LogP contribution in [-0.2, 0) is 50.8 Å². The van der Waals surface area contributed by atoms with Crippen LogP contribution in [0.1, 0.15) is 111 Å². The fourth-order valence-corrected chi connectivity index (χ4v) is 19.7. The van der Waals surface area contributed by atoms with E-state index >= 15 is 0 Å². The molecule has 21 heterocycles. The first-order valence-corrected chi connectivity index (χ1v) is 51.6. The molecule has 21 rings (SSSR count). The van der Waals surface area contributed by atoms with Gasteiger partial charge < -0.3 is 39.1 Å². The molecular formula is C89H93F10N39O8S3. The number of morpholine rings is 1. The Bertz CT molecular complexity index is 7900. The number of nitrogens with one attached hydrogen (secondary N) is 2. The molecule has 5 atom stereocenters. The number of ether oxygens (including phenoxy) is 1. The number of hydrogen-bond donors (Lipinski definition) is 3. The van der Waals surface area contributed by atoms with Crippen LogP contribution < -0.4 is 34.8 Å². The Balaban J connectivity index is 0.000000127. The predicted molar refractivity (Wildman–Crippen MR) is 516 cm³/mol. The number of fused-ring (bicyclic) bond motifs is 5. The number of sulfonamides is 1. The highest BCUT2D eigenvalue weighted by Gasteiger charge is 2.33. The van der Waals surface area contributed by atoms with Gasteiger partial charge in [-0.15, -0.1) is 10.2 Å². The Kier molecular flexibility index (Phi) is 32.4. The number of alkyl halides is 10. The van der Waals surface area contributed by atoms with Gasteiger partial charge in [0.1, 0.15) is 131 Å². The number of nitrogens with two attached hydrogens (primary N) is 1. The Morgan fingerprint density at radius 1 is 0.483 bits per heavy atom. The van der Waals surface area contributed by atoms with Crippen molar-refractivity contribution in [2.24, 2.45) is 15.4 Å². The van der Waals surface area contributed by atoms with E-state index in [9.17, 15) is 74.5 Å². The third-order valence-electron chi connectivity index (χ3n) is 24.4. The zero-order valence-corrected chi connectivity index (χ0v) is 81.7. The minimum atomic E-state index is -3.74. The van der Waals surface area contributed by atoms with Gasteiger partial charge in [-0.2, -0.15) is 43.5 Å². The first kappa shape index (κ1) is 105. The van der Waals surface area contributed by atoms with Gasteiger partial charge in [0.2, 0.25) is 21.8 Å². The number of carbonyl (C=O) groups excluding carboxylic acids is 2. The van der Waals surface area contributed by atoms with Crippen LogP contribution in [0.5, 0.6) is 0 Å². The van der Waals surface area contributed by atoms with E-state index in [-0.39, 0.29) is 78.6 Å². The molecule has 5 aliphatic rings. The summed E-state index contributed by atoms with van der Waals surface area (Å²) < 4.78 is 211. The Labute approximate surface area is 841 Å². The van der Waals surface area contributed by atoms with E-state index in [0.29, 0.717) is 174 Å². The average molecular weight is 2120 g/mol. The minimum Gasteiger partial charge on any atom is -0.373 e. The molecule has 60 heteroatoms. The number of halogens is 10. The third kappa shape index (κ3) is 25.7. The van der Waals surface area contributed by atoms with Gasteiger partial charge >= 0.3 is 0 Å². The van der Waals surface area contributed by atoms with E-state index in [2.05, 4.69) is 135 Å².